The molecule has 0 bridgehead atoms. The average Bonchev–Trinajstić information content (AvgIpc) is 2.90. The number of carbonyl (C=O) groups excluding carboxylic acids is 3. The van der Waals surface area contributed by atoms with Gasteiger partial charge in [0.1, 0.15) is 23.3 Å². The molecule has 1 aliphatic rings. The van der Waals surface area contributed by atoms with Crippen LogP contribution in [0.2, 0.25) is 0 Å². The van der Waals surface area contributed by atoms with Crippen molar-refractivity contribution in [2.45, 2.75) is 32.5 Å². The normalized spacial score (nSPS) is 14.8. The molecule has 3 N–H and O–H groups in total. The highest BCUT2D eigenvalue weighted by Crippen LogP contribution is 2.38. The van der Waals surface area contributed by atoms with Crippen LogP contribution in [-0.2, 0) is 24.3 Å². The Labute approximate surface area is 222 Å². The average molecular weight is 543 g/mol. The zero-order chi connectivity index (χ0) is 28.4. The molecular weight excluding hydrogens is 516 g/mol. The van der Waals surface area contributed by atoms with Crippen molar-refractivity contribution in [1.29, 1.82) is 0 Å². The Hall–Kier alpha value is -4.25. The predicted molar refractivity (Wildman–Crippen MR) is 136 cm³/mol. The van der Waals surface area contributed by atoms with E-state index in [9.17, 15) is 31.9 Å². The van der Waals surface area contributed by atoms with E-state index in [1.54, 1.807) is 26.1 Å². The zero-order valence-electron chi connectivity index (χ0n) is 21.2. The summed E-state index contributed by atoms with van der Waals surface area (Å²) in [6, 6.07) is 9.07. The maximum atomic E-state index is 15.0. The molecule has 0 saturated heterocycles. The molecule has 1 aliphatic heterocycles. The van der Waals surface area contributed by atoms with Crippen LogP contribution < -0.4 is 16.0 Å². The van der Waals surface area contributed by atoms with Crippen molar-refractivity contribution in [3.05, 3.63) is 99.6 Å². The number of fused-ring (bicyclic) bond motifs is 1. The van der Waals surface area contributed by atoms with Crippen molar-refractivity contribution in [2.24, 2.45) is 5.73 Å². The van der Waals surface area contributed by atoms with Gasteiger partial charge in [0.2, 0.25) is 0 Å². The van der Waals surface area contributed by atoms with Crippen LogP contribution in [0, 0.1) is 23.3 Å². The van der Waals surface area contributed by atoms with Gasteiger partial charge >= 0.3 is 6.03 Å². The maximum absolute atomic E-state index is 15.0. The number of benzene rings is 3. The molecule has 39 heavy (non-hydrogen) atoms. The third-order valence-electron chi connectivity index (χ3n) is 6.83. The van der Waals surface area contributed by atoms with Crippen LogP contribution in [0.4, 0.5) is 28.0 Å². The van der Waals surface area contributed by atoms with Gasteiger partial charge in [-0.2, -0.15) is 0 Å². The van der Waals surface area contributed by atoms with E-state index in [4.69, 9.17) is 5.73 Å². The molecule has 0 fully saturated rings. The van der Waals surface area contributed by atoms with Crippen LogP contribution in [0.1, 0.15) is 45.6 Å². The molecule has 3 aromatic carbocycles. The van der Waals surface area contributed by atoms with E-state index in [2.05, 4.69) is 5.32 Å². The minimum absolute atomic E-state index is 0.0818. The van der Waals surface area contributed by atoms with E-state index in [0.29, 0.717) is 28.9 Å². The van der Waals surface area contributed by atoms with Gasteiger partial charge < -0.3 is 16.0 Å². The summed E-state index contributed by atoms with van der Waals surface area (Å²) in [4.78, 5) is 41.0. The van der Waals surface area contributed by atoms with E-state index in [-0.39, 0.29) is 42.5 Å². The van der Waals surface area contributed by atoms with Crippen LogP contribution in [0.15, 0.2) is 48.5 Å². The first-order chi connectivity index (χ1) is 18.5. The standard InChI is InChI=1S/C28H26F4N4O3/c1-15-20-7-6-17(27(38)34-13-21-24(31)10-18(29)11-25(21)32)9-26(20)36(28(39)35(15)2)14-22-16(8-19(37)12-33)4-3-5-23(22)30/h3-7,9-11,15H,8,12-14,33H2,1-2H3,(H,34,38)/t15-/m0/s1. The molecule has 0 saturated carbocycles. The fourth-order valence-corrected chi connectivity index (χ4v) is 4.49. The molecule has 4 rings (SSSR count). The molecule has 0 aliphatic carbocycles. The van der Waals surface area contributed by atoms with Crippen molar-refractivity contribution in [3.8, 4) is 0 Å². The number of nitrogens with one attached hydrogen (secondary N) is 1. The number of halogens is 4. The number of anilines is 1. The molecular formula is C28H26F4N4O3. The van der Waals surface area contributed by atoms with Crippen LogP contribution in [-0.4, -0.2) is 36.2 Å². The highest BCUT2D eigenvalue weighted by molar-refractivity contribution is 6.00. The third kappa shape index (κ3) is 5.63. The first-order valence-electron chi connectivity index (χ1n) is 12.1. The number of amides is 3. The van der Waals surface area contributed by atoms with Crippen molar-refractivity contribution in [1.82, 2.24) is 10.2 Å². The molecule has 204 valence electrons. The summed E-state index contributed by atoms with van der Waals surface area (Å²) >= 11 is 0. The third-order valence-corrected chi connectivity index (χ3v) is 6.83. The summed E-state index contributed by atoms with van der Waals surface area (Å²) in [5, 5.41) is 2.40. The van der Waals surface area contributed by atoms with Crippen molar-refractivity contribution in [2.75, 3.05) is 18.5 Å². The van der Waals surface area contributed by atoms with Crippen LogP contribution in [0.25, 0.3) is 0 Å². The number of carbonyl (C=O) groups is 3. The maximum Gasteiger partial charge on any atom is 0.325 e. The second-order valence-corrected chi connectivity index (χ2v) is 9.26. The van der Waals surface area contributed by atoms with E-state index < -0.39 is 47.3 Å². The lowest BCUT2D eigenvalue weighted by Crippen LogP contribution is -2.47. The van der Waals surface area contributed by atoms with Gasteiger partial charge in [-0.25, -0.2) is 22.4 Å². The molecule has 3 aromatic rings. The molecule has 1 heterocycles. The molecule has 0 radical (unpaired) electrons. The highest BCUT2D eigenvalue weighted by atomic mass is 19.1. The summed E-state index contributed by atoms with van der Waals surface area (Å²) in [7, 11) is 1.59. The number of rotatable bonds is 8. The molecule has 0 spiro atoms. The van der Waals surface area contributed by atoms with Crippen molar-refractivity contribution < 1.29 is 31.9 Å². The summed E-state index contributed by atoms with van der Waals surface area (Å²) < 4.78 is 56.1. The van der Waals surface area contributed by atoms with E-state index in [1.807, 2.05) is 0 Å². The van der Waals surface area contributed by atoms with Gasteiger partial charge in [-0.15, -0.1) is 0 Å². The van der Waals surface area contributed by atoms with Crippen LogP contribution in [0.5, 0.6) is 0 Å². The van der Waals surface area contributed by atoms with Gasteiger partial charge in [-0.3, -0.25) is 14.5 Å². The van der Waals surface area contributed by atoms with Gasteiger partial charge in [0.25, 0.3) is 5.91 Å². The Kier molecular flexibility index (Phi) is 8.01. The quantitative estimate of drug-likeness (QED) is 0.413. The molecule has 1 atom stereocenters. The SMILES string of the molecule is C[C@H]1c2ccc(C(=O)NCc3c(F)cc(F)cc3F)cc2N(Cc2c(F)cccc2CC(=O)CN)C(=O)N1C. The Morgan fingerprint density at radius 1 is 0.974 bits per heavy atom. The van der Waals surface area contributed by atoms with Crippen molar-refractivity contribution >= 4 is 23.4 Å². The molecule has 0 aromatic heterocycles. The Morgan fingerprint density at radius 2 is 1.67 bits per heavy atom. The minimum atomic E-state index is -1.14. The Balaban J connectivity index is 1.67. The Bertz CT molecular complexity index is 1440. The lowest BCUT2D eigenvalue weighted by Gasteiger charge is -2.40. The number of nitrogens with zero attached hydrogens (tertiary/aromatic N) is 2. The highest BCUT2D eigenvalue weighted by Gasteiger charge is 2.34. The second-order valence-electron chi connectivity index (χ2n) is 9.26. The number of urea groups is 1. The number of Topliss-reactive ketones (excluding diaryl/α,β-unsaturated/α-hetero) is 1. The number of hydrogen-bond donors (Lipinski definition) is 2. The van der Waals surface area contributed by atoms with Gasteiger partial charge in [-0.1, -0.05) is 18.2 Å². The summed E-state index contributed by atoms with van der Waals surface area (Å²) in [5.74, 6) is -4.96. The molecule has 7 nitrogen and oxygen atoms in total. The van der Waals surface area contributed by atoms with Gasteiger partial charge in [-0.05, 0) is 36.2 Å². The second kappa shape index (κ2) is 11.2. The molecule has 3 amide bonds. The summed E-state index contributed by atoms with van der Waals surface area (Å²) in [6.07, 6.45) is -0.107. The summed E-state index contributed by atoms with van der Waals surface area (Å²) in [6.45, 7) is 0.817. The predicted octanol–water partition coefficient (Wildman–Crippen LogP) is 4.38. The van der Waals surface area contributed by atoms with Gasteiger partial charge in [0.15, 0.2) is 5.78 Å². The lowest BCUT2D eigenvalue weighted by molar-refractivity contribution is -0.117. The van der Waals surface area contributed by atoms with E-state index in [1.165, 1.54) is 34.1 Å². The van der Waals surface area contributed by atoms with E-state index in [0.717, 1.165) is 0 Å². The number of nitrogens with two attached hydrogens (primary N) is 1. The summed E-state index contributed by atoms with van der Waals surface area (Å²) in [5.41, 5.74) is 6.56. The van der Waals surface area contributed by atoms with Crippen LogP contribution >= 0.6 is 0 Å². The number of hydrogen-bond acceptors (Lipinski definition) is 4. The topological polar surface area (TPSA) is 95.7 Å². The number of ketones is 1. The minimum Gasteiger partial charge on any atom is -0.348 e. The Morgan fingerprint density at radius 3 is 2.33 bits per heavy atom. The first kappa shape index (κ1) is 27.8. The van der Waals surface area contributed by atoms with Gasteiger partial charge in [0, 0.05) is 48.8 Å². The zero-order valence-corrected chi connectivity index (χ0v) is 21.2. The fraction of sp³-hybridized carbons (Fsp3) is 0.250. The van der Waals surface area contributed by atoms with Crippen LogP contribution in [0.3, 0.4) is 0 Å². The smallest absolute Gasteiger partial charge is 0.325 e. The first-order valence-corrected chi connectivity index (χ1v) is 12.1. The van der Waals surface area contributed by atoms with E-state index >= 15 is 0 Å². The van der Waals surface area contributed by atoms with Gasteiger partial charge in [0.05, 0.1) is 24.8 Å². The lowest BCUT2D eigenvalue weighted by atomic mass is 9.96. The monoisotopic (exact) mass is 542 g/mol. The fourth-order valence-electron chi connectivity index (χ4n) is 4.49. The molecule has 0 unspecified atom stereocenters. The van der Waals surface area contributed by atoms with Crippen molar-refractivity contribution in [3.63, 3.8) is 0 Å². The molecule has 11 heteroatoms. The largest absolute Gasteiger partial charge is 0.348 e.